The molecule has 356 valence electrons. The van der Waals surface area contributed by atoms with Crippen LogP contribution >= 0.6 is 0 Å². The normalized spacial score (nSPS) is 15.0. The van der Waals surface area contributed by atoms with Crippen molar-refractivity contribution in [3.8, 4) is 0 Å². The van der Waals surface area contributed by atoms with E-state index in [0.717, 1.165) is 84.0 Å². The second kappa shape index (κ2) is 39.3. The first-order chi connectivity index (χ1) is 29.1. The van der Waals surface area contributed by atoms with Crippen LogP contribution in [-0.2, 0) is 19.1 Å². The minimum atomic E-state index is -2.57. The second-order valence-corrected chi connectivity index (χ2v) is 18.8. The number of halogens is 2. The van der Waals surface area contributed by atoms with Crippen LogP contribution < -0.4 is 0 Å². The van der Waals surface area contributed by atoms with Crippen LogP contribution in [0, 0.1) is 11.8 Å². The molecule has 0 radical (unpaired) electrons. The van der Waals surface area contributed by atoms with Crippen LogP contribution in [-0.4, -0.2) is 91.4 Å². The van der Waals surface area contributed by atoms with E-state index in [1.165, 1.54) is 116 Å². The lowest BCUT2D eigenvalue weighted by molar-refractivity contribution is -0.146. The maximum atomic E-state index is 13.9. The van der Waals surface area contributed by atoms with Crippen LogP contribution in [0.1, 0.15) is 240 Å². The van der Waals surface area contributed by atoms with Crippen molar-refractivity contribution in [2.24, 2.45) is 11.8 Å². The van der Waals surface area contributed by atoms with Crippen LogP contribution in [0.5, 0.6) is 0 Å². The number of alkyl halides is 2. The summed E-state index contributed by atoms with van der Waals surface area (Å²) in [5.74, 6) is -1.85. The average Bonchev–Trinajstić information content (AvgIpc) is 3.23. The topological polar surface area (TPSA) is 79.3 Å². The van der Waals surface area contributed by atoms with Crippen molar-refractivity contribution < 1.29 is 33.0 Å². The molecule has 1 aliphatic carbocycles. The summed E-state index contributed by atoms with van der Waals surface area (Å²) < 4.78 is 39.4. The summed E-state index contributed by atoms with van der Waals surface area (Å²) in [6.45, 7) is 13.9. The Morgan fingerprint density at radius 3 is 1.48 bits per heavy atom. The zero-order valence-electron chi connectivity index (χ0n) is 40.0. The molecule has 0 spiro atoms. The number of rotatable bonds is 43. The van der Waals surface area contributed by atoms with E-state index in [1.807, 2.05) is 0 Å². The van der Waals surface area contributed by atoms with Gasteiger partial charge in [0, 0.05) is 51.4 Å². The molecule has 1 saturated carbocycles. The van der Waals surface area contributed by atoms with E-state index in [9.17, 15) is 23.5 Å². The zero-order valence-corrected chi connectivity index (χ0v) is 40.0. The molecule has 9 heteroatoms. The number of esters is 2. The van der Waals surface area contributed by atoms with Gasteiger partial charge in [-0.25, -0.2) is 8.78 Å². The third-order valence-electron chi connectivity index (χ3n) is 13.0. The van der Waals surface area contributed by atoms with Gasteiger partial charge in [0.05, 0.1) is 19.8 Å². The average molecular weight is 857 g/mol. The zero-order chi connectivity index (χ0) is 43.9. The predicted octanol–water partition coefficient (Wildman–Crippen LogP) is 13.9. The summed E-state index contributed by atoms with van der Waals surface area (Å²) in [4.78, 5) is 30.0. The highest BCUT2D eigenvalue weighted by Gasteiger charge is 2.36. The lowest BCUT2D eigenvalue weighted by Crippen LogP contribution is -2.45. The fraction of sp³-hybridized carbons (Fsp3) is 0.961. The van der Waals surface area contributed by atoms with E-state index < -0.39 is 5.92 Å². The van der Waals surface area contributed by atoms with E-state index in [2.05, 4.69) is 37.5 Å². The summed E-state index contributed by atoms with van der Waals surface area (Å²) in [7, 11) is 0. The van der Waals surface area contributed by atoms with Gasteiger partial charge in [-0.3, -0.25) is 14.5 Å². The first-order valence-corrected chi connectivity index (χ1v) is 25.9. The number of nitrogens with zero attached hydrogens (tertiary/aromatic N) is 2. The Bertz CT molecular complexity index is 961. The summed E-state index contributed by atoms with van der Waals surface area (Å²) in [5.41, 5.74) is 0. The van der Waals surface area contributed by atoms with Crippen LogP contribution in [0.3, 0.4) is 0 Å². The molecule has 1 rings (SSSR count). The number of carbonyl (C=O) groups is 2. The Hall–Kier alpha value is -1.32. The molecular weight excluding hydrogens is 759 g/mol. The van der Waals surface area contributed by atoms with E-state index >= 15 is 0 Å². The number of hydrogen-bond donors (Lipinski definition) is 1. The van der Waals surface area contributed by atoms with Gasteiger partial charge < -0.3 is 19.5 Å². The lowest BCUT2D eigenvalue weighted by Gasteiger charge is -2.37. The Kier molecular flexibility index (Phi) is 37.1. The van der Waals surface area contributed by atoms with Crippen molar-refractivity contribution in [2.75, 3.05) is 52.5 Å². The largest absolute Gasteiger partial charge is 0.465 e. The number of aliphatic hydroxyl groups excluding tert-OH is 1. The number of hydrogen-bond acceptors (Lipinski definition) is 7. The molecule has 0 heterocycles. The Labute approximate surface area is 369 Å². The molecule has 1 atom stereocenters. The standard InChI is InChI=1S/C51H98F2N2O5/c1-5-8-11-14-17-22-29-46(4)44-59-49(57)32-25-20-27-38-54(40-41-55(42-43-56)48-34-36-51(52,53)37-35-48)39-28-21-26-33-50(58)60-45-47(30-23-18-15-12-9-6-2)31-24-19-16-13-10-7-3/h46-48,56H,5-45H2,1-4H3. The molecule has 1 unspecified atom stereocenters. The molecule has 0 bridgehead atoms. The van der Waals surface area contributed by atoms with Crippen molar-refractivity contribution in [1.82, 2.24) is 9.80 Å². The SMILES string of the molecule is CCCCCCCCC(C)COC(=O)CCCCCN(CCCCCC(=O)OCC(CCCCCCCC)CCCCCCCC)CCN(CCO)C1CCC(F)(F)CC1. The fourth-order valence-corrected chi connectivity index (χ4v) is 8.85. The number of ether oxygens (including phenoxy) is 2. The Balaban J connectivity index is 2.53. The molecule has 1 N–H and O–H groups in total. The third kappa shape index (κ3) is 33.3. The molecule has 7 nitrogen and oxygen atoms in total. The van der Waals surface area contributed by atoms with E-state index in [-0.39, 0.29) is 37.4 Å². The molecule has 1 fully saturated rings. The van der Waals surface area contributed by atoms with Gasteiger partial charge in [-0.15, -0.1) is 0 Å². The highest BCUT2D eigenvalue weighted by molar-refractivity contribution is 5.69. The van der Waals surface area contributed by atoms with Gasteiger partial charge in [-0.05, 0) is 82.7 Å². The highest BCUT2D eigenvalue weighted by Crippen LogP contribution is 2.35. The second-order valence-electron chi connectivity index (χ2n) is 18.8. The van der Waals surface area contributed by atoms with Crippen molar-refractivity contribution in [1.29, 1.82) is 0 Å². The maximum absolute atomic E-state index is 13.9. The highest BCUT2D eigenvalue weighted by atomic mass is 19.3. The molecule has 1 aliphatic rings. The van der Waals surface area contributed by atoms with Crippen molar-refractivity contribution in [3.05, 3.63) is 0 Å². The summed E-state index contributed by atoms with van der Waals surface area (Å²) in [6, 6.07) is 0.0837. The quantitative estimate of drug-likeness (QED) is 0.0483. The minimum Gasteiger partial charge on any atom is -0.465 e. The Morgan fingerprint density at radius 2 is 1.00 bits per heavy atom. The minimum absolute atomic E-state index is 0.0236. The van der Waals surface area contributed by atoms with Gasteiger partial charge in [0.15, 0.2) is 0 Å². The first kappa shape index (κ1) is 56.7. The lowest BCUT2D eigenvalue weighted by atomic mass is 9.91. The Morgan fingerprint density at radius 1 is 0.567 bits per heavy atom. The molecule has 0 aromatic rings. The third-order valence-corrected chi connectivity index (χ3v) is 13.0. The van der Waals surface area contributed by atoms with Crippen LogP contribution in [0.2, 0.25) is 0 Å². The molecule has 0 aromatic heterocycles. The molecule has 0 saturated heterocycles. The monoisotopic (exact) mass is 857 g/mol. The van der Waals surface area contributed by atoms with Crippen molar-refractivity contribution in [3.63, 3.8) is 0 Å². The van der Waals surface area contributed by atoms with Crippen LogP contribution in [0.15, 0.2) is 0 Å². The van der Waals surface area contributed by atoms with Gasteiger partial charge >= 0.3 is 11.9 Å². The van der Waals surface area contributed by atoms with E-state index in [4.69, 9.17) is 9.47 Å². The van der Waals surface area contributed by atoms with Crippen molar-refractivity contribution >= 4 is 11.9 Å². The van der Waals surface area contributed by atoms with Gasteiger partial charge in [-0.2, -0.15) is 0 Å². The number of carbonyl (C=O) groups excluding carboxylic acids is 2. The fourth-order valence-electron chi connectivity index (χ4n) is 8.85. The van der Waals surface area contributed by atoms with E-state index in [1.54, 1.807) is 0 Å². The van der Waals surface area contributed by atoms with Gasteiger partial charge in [-0.1, -0.05) is 156 Å². The predicted molar refractivity (Wildman–Crippen MR) is 248 cm³/mol. The number of unbranched alkanes of at least 4 members (excludes halogenated alkanes) is 19. The summed E-state index contributed by atoms with van der Waals surface area (Å²) >= 11 is 0. The van der Waals surface area contributed by atoms with Crippen LogP contribution in [0.4, 0.5) is 8.78 Å². The summed E-state index contributed by atoms with van der Waals surface area (Å²) in [6.07, 6.45) is 33.8. The van der Waals surface area contributed by atoms with Gasteiger partial charge in [0.1, 0.15) is 0 Å². The van der Waals surface area contributed by atoms with Crippen LogP contribution in [0.25, 0.3) is 0 Å². The molecule has 60 heavy (non-hydrogen) atoms. The van der Waals surface area contributed by atoms with Crippen molar-refractivity contribution in [2.45, 2.75) is 252 Å². The van der Waals surface area contributed by atoms with Gasteiger partial charge in [0.25, 0.3) is 0 Å². The number of aliphatic hydroxyl groups is 1. The molecule has 0 amide bonds. The first-order valence-electron chi connectivity index (χ1n) is 25.9. The molecule has 0 aliphatic heterocycles. The smallest absolute Gasteiger partial charge is 0.305 e. The van der Waals surface area contributed by atoms with E-state index in [0.29, 0.717) is 57.3 Å². The molecular formula is C51H98F2N2O5. The molecule has 0 aromatic carbocycles. The summed E-state index contributed by atoms with van der Waals surface area (Å²) in [5, 5.41) is 9.81. The van der Waals surface area contributed by atoms with Gasteiger partial charge in [0.2, 0.25) is 5.92 Å². The maximum Gasteiger partial charge on any atom is 0.305 e.